The highest BCUT2D eigenvalue weighted by molar-refractivity contribution is 7.30. The largest absolute Gasteiger partial charge is 0.136 e. The smallest absolute Gasteiger partial charge is 0.0127 e. The Kier molecular flexibility index (Phi) is 2.89. The van der Waals surface area contributed by atoms with Gasteiger partial charge in [-0.25, -0.2) is 0 Å². The van der Waals surface area contributed by atoms with Gasteiger partial charge in [0, 0.05) is 0 Å². The molecule has 0 spiro atoms. The van der Waals surface area contributed by atoms with E-state index in [1.54, 1.807) is 5.30 Å². The summed E-state index contributed by atoms with van der Waals surface area (Å²) < 4.78 is 0. The Morgan fingerprint density at radius 2 is 1.83 bits per heavy atom. The van der Waals surface area contributed by atoms with Gasteiger partial charge in [0.15, 0.2) is 0 Å². The third-order valence-electron chi connectivity index (χ3n) is 2.92. The van der Waals surface area contributed by atoms with Gasteiger partial charge in [-0.15, -0.1) is 8.19 Å². The lowest BCUT2D eigenvalue weighted by Gasteiger charge is -2.11. The summed E-state index contributed by atoms with van der Waals surface area (Å²) in [7, 11) is 1.01. The van der Waals surface area contributed by atoms with Crippen LogP contribution in [0.5, 0.6) is 0 Å². The highest BCUT2D eigenvalue weighted by Crippen LogP contribution is 2.35. The summed E-state index contributed by atoms with van der Waals surface area (Å²) in [6.07, 6.45) is 8.79. The van der Waals surface area contributed by atoms with Crippen molar-refractivity contribution in [2.45, 2.75) is 44.4 Å². The first-order valence-corrected chi connectivity index (χ1v) is 6.18. The average Bonchev–Trinajstić information content (AvgIpc) is 2.48. The first kappa shape index (κ1) is 8.38. The van der Waals surface area contributed by atoms with E-state index in [2.05, 4.69) is 17.9 Å². The van der Waals surface area contributed by atoms with E-state index in [0.717, 1.165) is 14.1 Å². The first-order chi connectivity index (χ1) is 5.97. The van der Waals surface area contributed by atoms with E-state index in [1.807, 2.05) is 0 Å². The maximum absolute atomic E-state index is 2.36. The SMILES string of the molecule is c1c[pH]c(C2CCCCCC2)c1. The van der Waals surface area contributed by atoms with Crippen LogP contribution in [0.4, 0.5) is 0 Å². The molecule has 1 fully saturated rings. The zero-order valence-corrected chi connectivity index (χ0v) is 8.55. The molecule has 12 heavy (non-hydrogen) atoms. The fourth-order valence-corrected chi connectivity index (χ4v) is 3.29. The van der Waals surface area contributed by atoms with Gasteiger partial charge >= 0.3 is 0 Å². The Morgan fingerprint density at radius 1 is 1.08 bits per heavy atom. The summed E-state index contributed by atoms with van der Waals surface area (Å²) >= 11 is 0. The first-order valence-electron chi connectivity index (χ1n) is 5.10. The zero-order valence-electron chi connectivity index (χ0n) is 7.55. The van der Waals surface area contributed by atoms with Crippen molar-refractivity contribution >= 4 is 8.19 Å². The van der Waals surface area contributed by atoms with Crippen LogP contribution in [0.25, 0.3) is 0 Å². The fraction of sp³-hybridized carbons (Fsp3) is 0.636. The average molecular weight is 180 g/mol. The summed E-state index contributed by atoms with van der Waals surface area (Å²) in [5.41, 5.74) is 0. The van der Waals surface area contributed by atoms with Crippen molar-refractivity contribution < 1.29 is 0 Å². The van der Waals surface area contributed by atoms with Crippen LogP contribution >= 0.6 is 8.19 Å². The van der Waals surface area contributed by atoms with E-state index >= 15 is 0 Å². The molecule has 1 aliphatic rings. The molecule has 2 rings (SSSR count). The normalized spacial score (nSPS) is 21.3. The van der Waals surface area contributed by atoms with Crippen LogP contribution < -0.4 is 0 Å². The van der Waals surface area contributed by atoms with Crippen LogP contribution in [0, 0.1) is 0 Å². The standard InChI is InChI=1S/C11H17P/c1-2-4-7-10(6-3-1)11-8-5-9-12-11/h5,8-10,12H,1-4,6-7H2. The van der Waals surface area contributed by atoms with Gasteiger partial charge in [0.05, 0.1) is 0 Å². The van der Waals surface area contributed by atoms with Crippen molar-refractivity contribution in [2.75, 3.05) is 0 Å². The molecular weight excluding hydrogens is 163 g/mol. The molecular formula is C11H17P. The van der Waals surface area contributed by atoms with Crippen molar-refractivity contribution in [1.29, 1.82) is 0 Å². The quantitative estimate of drug-likeness (QED) is 0.569. The monoisotopic (exact) mass is 180 g/mol. The second-order valence-corrected chi connectivity index (χ2v) is 5.01. The van der Waals surface area contributed by atoms with Gasteiger partial charge in [-0.2, -0.15) is 0 Å². The van der Waals surface area contributed by atoms with Gasteiger partial charge < -0.3 is 0 Å². The van der Waals surface area contributed by atoms with Crippen LogP contribution in [0.15, 0.2) is 17.9 Å². The van der Waals surface area contributed by atoms with Crippen molar-refractivity contribution in [1.82, 2.24) is 0 Å². The third-order valence-corrected chi connectivity index (χ3v) is 4.18. The Hall–Kier alpha value is -0.220. The molecule has 1 saturated carbocycles. The number of hydrogen-bond acceptors (Lipinski definition) is 0. The van der Waals surface area contributed by atoms with Crippen molar-refractivity contribution in [2.24, 2.45) is 0 Å². The summed E-state index contributed by atoms with van der Waals surface area (Å²) in [5, 5.41) is 1.73. The van der Waals surface area contributed by atoms with E-state index in [1.165, 1.54) is 38.5 Å². The highest BCUT2D eigenvalue weighted by Gasteiger charge is 2.13. The maximum Gasteiger partial charge on any atom is -0.0127 e. The zero-order chi connectivity index (χ0) is 8.23. The molecule has 0 nitrogen and oxygen atoms in total. The molecule has 1 unspecified atom stereocenters. The summed E-state index contributed by atoms with van der Waals surface area (Å²) in [5.74, 6) is 3.26. The van der Waals surface area contributed by atoms with E-state index in [0.29, 0.717) is 0 Å². The Morgan fingerprint density at radius 3 is 2.42 bits per heavy atom. The lowest BCUT2D eigenvalue weighted by molar-refractivity contribution is 0.602. The van der Waals surface area contributed by atoms with E-state index in [-0.39, 0.29) is 0 Å². The van der Waals surface area contributed by atoms with Crippen LogP contribution in [0.1, 0.15) is 49.7 Å². The number of hydrogen-bond donors (Lipinski definition) is 0. The van der Waals surface area contributed by atoms with Gasteiger partial charge in [-0.05, 0) is 29.9 Å². The van der Waals surface area contributed by atoms with Crippen LogP contribution in [0.3, 0.4) is 0 Å². The molecule has 66 valence electrons. The molecule has 1 heteroatoms. The van der Waals surface area contributed by atoms with Gasteiger partial charge in [-0.3, -0.25) is 0 Å². The van der Waals surface area contributed by atoms with E-state index < -0.39 is 0 Å². The molecule has 0 amide bonds. The minimum atomic E-state index is 0.945. The van der Waals surface area contributed by atoms with Gasteiger partial charge in [0.1, 0.15) is 0 Å². The highest BCUT2D eigenvalue weighted by atomic mass is 31.0. The Labute approximate surface area is 76.5 Å². The van der Waals surface area contributed by atoms with Crippen molar-refractivity contribution in [3.8, 4) is 0 Å². The Bertz CT molecular complexity index is 205. The molecule has 1 aromatic heterocycles. The third kappa shape index (κ3) is 1.93. The molecule has 1 aliphatic carbocycles. The molecule has 0 aromatic carbocycles. The van der Waals surface area contributed by atoms with Crippen molar-refractivity contribution in [3.63, 3.8) is 0 Å². The van der Waals surface area contributed by atoms with Gasteiger partial charge in [-0.1, -0.05) is 37.8 Å². The predicted octanol–water partition coefficient (Wildman–Crippen LogP) is 4.16. The summed E-state index contributed by atoms with van der Waals surface area (Å²) in [4.78, 5) is 0. The minimum absolute atomic E-state index is 0.945. The fourth-order valence-electron chi connectivity index (χ4n) is 2.19. The maximum atomic E-state index is 2.36. The van der Waals surface area contributed by atoms with Crippen molar-refractivity contribution in [3.05, 3.63) is 23.2 Å². The second-order valence-electron chi connectivity index (χ2n) is 3.81. The molecule has 0 bridgehead atoms. The molecule has 0 radical (unpaired) electrons. The lowest BCUT2D eigenvalue weighted by atomic mass is 9.99. The Balaban J connectivity index is 2.02. The topological polar surface area (TPSA) is 0 Å². The molecule has 0 N–H and O–H groups in total. The van der Waals surface area contributed by atoms with Crippen LogP contribution in [0.2, 0.25) is 0 Å². The van der Waals surface area contributed by atoms with Gasteiger partial charge in [0.2, 0.25) is 0 Å². The van der Waals surface area contributed by atoms with E-state index in [9.17, 15) is 0 Å². The lowest BCUT2D eigenvalue weighted by Crippen LogP contribution is -1.92. The summed E-state index contributed by atoms with van der Waals surface area (Å²) in [6.45, 7) is 0. The minimum Gasteiger partial charge on any atom is -0.136 e. The van der Waals surface area contributed by atoms with E-state index in [4.69, 9.17) is 0 Å². The predicted molar refractivity (Wildman–Crippen MR) is 56.4 cm³/mol. The molecule has 1 atom stereocenters. The second kappa shape index (κ2) is 4.14. The summed E-state index contributed by atoms with van der Waals surface area (Å²) in [6, 6.07) is 4.59. The van der Waals surface area contributed by atoms with Crippen LogP contribution in [-0.4, -0.2) is 0 Å². The molecule has 0 saturated heterocycles. The molecule has 1 heterocycles. The van der Waals surface area contributed by atoms with Crippen LogP contribution in [-0.2, 0) is 0 Å². The molecule has 1 aromatic rings. The van der Waals surface area contributed by atoms with Gasteiger partial charge in [0.25, 0.3) is 0 Å². The number of rotatable bonds is 1. The molecule has 0 aliphatic heterocycles.